The molecule has 0 aliphatic carbocycles. The second-order valence-corrected chi connectivity index (χ2v) is 5.72. The molecule has 0 unspecified atom stereocenters. The van der Waals surface area contributed by atoms with Gasteiger partial charge in [0.25, 0.3) is 5.91 Å². The molecule has 4 heteroatoms. The molecule has 0 aliphatic heterocycles. The van der Waals surface area contributed by atoms with Crippen molar-refractivity contribution in [2.45, 2.75) is 39.0 Å². The number of hydrogen-bond acceptors (Lipinski definition) is 2. The molecule has 2 N–H and O–H groups in total. The van der Waals surface area contributed by atoms with Gasteiger partial charge in [0.1, 0.15) is 0 Å². The van der Waals surface area contributed by atoms with E-state index in [2.05, 4.69) is 17.6 Å². The van der Waals surface area contributed by atoms with Gasteiger partial charge in [-0.05, 0) is 30.7 Å². The Hall–Kier alpha value is -2.62. The Morgan fingerprint density at radius 2 is 1.54 bits per heavy atom. The highest BCUT2D eigenvalue weighted by Crippen LogP contribution is 2.18. The fourth-order valence-electron chi connectivity index (χ4n) is 2.44. The van der Waals surface area contributed by atoms with Gasteiger partial charge in [-0.15, -0.1) is 0 Å². The molecular weight excluding hydrogens is 300 g/mol. The van der Waals surface area contributed by atoms with Crippen LogP contribution in [0.15, 0.2) is 54.6 Å². The van der Waals surface area contributed by atoms with Gasteiger partial charge in [-0.2, -0.15) is 0 Å². The number of carbonyl (C=O) groups is 2. The molecule has 0 spiro atoms. The largest absolute Gasteiger partial charge is 0.325 e. The predicted molar refractivity (Wildman–Crippen MR) is 98.2 cm³/mol. The third-order valence-electron chi connectivity index (χ3n) is 3.73. The van der Waals surface area contributed by atoms with Crippen molar-refractivity contribution in [3.05, 3.63) is 60.2 Å². The number of carbonyl (C=O) groups excluding carboxylic acids is 2. The number of anilines is 2. The Bertz CT molecular complexity index is 668. The van der Waals surface area contributed by atoms with Crippen LogP contribution >= 0.6 is 0 Å². The second kappa shape index (κ2) is 9.50. The highest BCUT2D eigenvalue weighted by Gasteiger charge is 2.13. The van der Waals surface area contributed by atoms with E-state index in [1.807, 2.05) is 36.4 Å². The fourth-order valence-corrected chi connectivity index (χ4v) is 2.44. The minimum Gasteiger partial charge on any atom is -0.325 e. The summed E-state index contributed by atoms with van der Waals surface area (Å²) in [6.45, 7) is 2.14. The summed E-state index contributed by atoms with van der Waals surface area (Å²) in [5.74, 6) is -0.283. The Kier molecular flexibility index (Phi) is 7.02. The van der Waals surface area contributed by atoms with E-state index < -0.39 is 0 Å². The minimum absolute atomic E-state index is 0.0499. The van der Waals surface area contributed by atoms with Crippen LogP contribution in [-0.2, 0) is 4.79 Å². The zero-order chi connectivity index (χ0) is 17.2. The van der Waals surface area contributed by atoms with Crippen LogP contribution in [0.4, 0.5) is 11.4 Å². The third-order valence-corrected chi connectivity index (χ3v) is 3.73. The Morgan fingerprint density at radius 1 is 0.833 bits per heavy atom. The lowest BCUT2D eigenvalue weighted by Gasteiger charge is -2.11. The normalized spacial score (nSPS) is 10.2. The van der Waals surface area contributed by atoms with Gasteiger partial charge < -0.3 is 10.6 Å². The summed E-state index contributed by atoms with van der Waals surface area (Å²) in [5, 5.41) is 5.70. The SMILES string of the molecule is CCCCCCC(=O)Nc1ccccc1C(=O)Nc1ccccc1. The predicted octanol–water partition coefficient (Wildman–Crippen LogP) is 4.85. The van der Waals surface area contributed by atoms with Gasteiger partial charge in [-0.1, -0.05) is 56.5 Å². The molecule has 0 radical (unpaired) electrons. The number of benzene rings is 2. The molecule has 0 aliphatic rings. The maximum atomic E-state index is 12.5. The van der Waals surface area contributed by atoms with Gasteiger partial charge in [0.15, 0.2) is 0 Å². The van der Waals surface area contributed by atoms with Crippen LogP contribution in [0.5, 0.6) is 0 Å². The molecule has 126 valence electrons. The van der Waals surface area contributed by atoms with Crippen LogP contribution in [0.25, 0.3) is 0 Å². The van der Waals surface area contributed by atoms with Crippen LogP contribution < -0.4 is 10.6 Å². The number of rotatable bonds is 8. The van der Waals surface area contributed by atoms with Crippen LogP contribution in [0, 0.1) is 0 Å². The van der Waals surface area contributed by atoms with Crippen molar-refractivity contribution in [3.8, 4) is 0 Å². The number of amides is 2. The van der Waals surface area contributed by atoms with Gasteiger partial charge in [0.05, 0.1) is 11.3 Å². The van der Waals surface area contributed by atoms with E-state index in [1.54, 1.807) is 18.2 Å². The monoisotopic (exact) mass is 324 g/mol. The highest BCUT2D eigenvalue weighted by molar-refractivity contribution is 6.10. The van der Waals surface area contributed by atoms with Gasteiger partial charge in [0.2, 0.25) is 5.91 Å². The molecule has 2 amide bonds. The van der Waals surface area contributed by atoms with E-state index in [1.165, 1.54) is 0 Å². The van der Waals surface area contributed by atoms with Gasteiger partial charge in [-0.3, -0.25) is 9.59 Å². The fraction of sp³-hybridized carbons (Fsp3) is 0.300. The smallest absolute Gasteiger partial charge is 0.257 e. The first-order valence-electron chi connectivity index (χ1n) is 8.46. The number of nitrogens with one attached hydrogen (secondary N) is 2. The molecule has 2 rings (SSSR count). The van der Waals surface area contributed by atoms with Crippen molar-refractivity contribution in [2.75, 3.05) is 10.6 Å². The standard InChI is InChI=1S/C20H24N2O2/c1-2-3-4-8-15-19(23)22-18-14-10-9-13-17(18)20(24)21-16-11-6-5-7-12-16/h5-7,9-14H,2-4,8,15H2,1H3,(H,21,24)(H,22,23). The minimum atomic E-state index is -0.233. The summed E-state index contributed by atoms with van der Waals surface area (Å²) in [6, 6.07) is 16.3. The number of hydrogen-bond donors (Lipinski definition) is 2. The van der Waals surface area contributed by atoms with Crippen molar-refractivity contribution in [1.82, 2.24) is 0 Å². The van der Waals surface area contributed by atoms with E-state index in [0.29, 0.717) is 17.7 Å². The first-order valence-corrected chi connectivity index (χ1v) is 8.46. The summed E-state index contributed by atoms with van der Waals surface area (Å²) < 4.78 is 0. The van der Waals surface area contributed by atoms with Crippen LogP contribution in [0.3, 0.4) is 0 Å². The number of para-hydroxylation sites is 2. The topological polar surface area (TPSA) is 58.2 Å². The molecule has 0 saturated heterocycles. The zero-order valence-electron chi connectivity index (χ0n) is 14.0. The van der Waals surface area contributed by atoms with Crippen molar-refractivity contribution in [3.63, 3.8) is 0 Å². The molecule has 4 nitrogen and oxygen atoms in total. The highest BCUT2D eigenvalue weighted by atomic mass is 16.2. The van der Waals surface area contributed by atoms with E-state index in [9.17, 15) is 9.59 Å². The molecule has 0 saturated carbocycles. The Labute approximate surface area is 143 Å². The van der Waals surface area contributed by atoms with Crippen LogP contribution in [0.2, 0.25) is 0 Å². The molecule has 2 aromatic carbocycles. The lowest BCUT2D eigenvalue weighted by Crippen LogP contribution is -2.18. The zero-order valence-corrected chi connectivity index (χ0v) is 14.0. The molecule has 0 heterocycles. The summed E-state index contributed by atoms with van der Waals surface area (Å²) in [7, 11) is 0. The molecule has 0 atom stereocenters. The second-order valence-electron chi connectivity index (χ2n) is 5.72. The summed E-state index contributed by atoms with van der Waals surface area (Å²) >= 11 is 0. The van der Waals surface area contributed by atoms with Gasteiger partial charge in [0, 0.05) is 12.1 Å². The summed E-state index contributed by atoms with van der Waals surface area (Å²) in [5.41, 5.74) is 1.73. The van der Waals surface area contributed by atoms with E-state index in [4.69, 9.17) is 0 Å². The molecule has 24 heavy (non-hydrogen) atoms. The van der Waals surface area contributed by atoms with Crippen molar-refractivity contribution < 1.29 is 9.59 Å². The molecule has 0 bridgehead atoms. The van der Waals surface area contributed by atoms with E-state index >= 15 is 0 Å². The average molecular weight is 324 g/mol. The molecule has 0 fully saturated rings. The number of unbranched alkanes of at least 4 members (excludes halogenated alkanes) is 3. The maximum Gasteiger partial charge on any atom is 0.257 e. The quantitative estimate of drug-likeness (QED) is 0.682. The molecular formula is C20H24N2O2. The lowest BCUT2D eigenvalue weighted by molar-refractivity contribution is -0.116. The van der Waals surface area contributed by atoms with Crippen LogP contribution in [0.1, 0.15) is 49.4 Å². The summed E-state index contributed by atoms with van der Waals surface area (Å²) in [6.07, 6.45) is 4.69. The maximum absolute atomic E-state index is 12.5. The first kappa shape index (κ1) is 17.7. The summed E-state index contributed by atoms with van der Waals surface area (Å²) in [4.78, 5) is 24.5. The van der Waals surface area contributed by atoms with Crippen molar-refractivity contribution >= 4 is 23.2 Å². The molecule has 2 aromatic rings. The Morgan fingerprint density at radius 3 is 2.29 bits per heavy atom. The van der Waals surface area contributed by atoms with Crippen LogP contribution in [-0.4, -0.2) is 11.8 Å². The van der Waals surface area contributed by atoms with Gasteiger partial charge in [-0.25, -0.2) is 0 Å². The van der Waals surface area contributed by atoms with E-state index in [-0.39, 0.29) is 11.8 Å². The van der Waals surface area contributed by atoms with Crippen molar-refractivity contribution in [2.24, 2.45) is 0 Å². The van der Waals surface area contributed by atoms with E-state index in [0.717, 1.165) is 31.4 Å². The third kappa shape index (κ3) is 5.54. The van der Waals surface area contributed by atoms with Gasteiger partial charge >= 0.3 is 0 Å². The van der Waals surface area contributed by atoms with Crippen molar-refractivity contribution in [1.29, 1.82) is 0 Å². The Balaban J connectivity index is 1.99. The lowest BCUT2D eigenvalue weighted by atomic mass is 10.1. The molecule has 0 aromatic heterocycles. The average Bonchev–Trinajstić information content (AvgIpc) is 2.60. The first-order chi connectivity index (χ1) is 11.7.